The van der Waals surface area contributed by atoms with Crippen LogP contribution < -0.4 is 0 Å². The highest BCUT2D eigenvalue weighted by molar-refractivity contribution is 7.07. The number of rotatable bonds is 2. The Bertz CT molecular complexity index is 666. The molecule has 3 aliphatic heterocycles. The van der Waals surface area contributed by atoms with Crippen LogP contribution >= 0.6 is 11.3 Å². The zero-order valence-electron chi connectivity index (χ0n) is 15.1. The molecule has 2 atom stereocenters. The number of carboxylic acid groups (broad SMARTS) is 1. The number of hydrogen-bond acceptors (Lipinski definition) is 6. The Morgan fingerprint density at radius 1 is 1.14 bits per heavy atom. The molecule has 7 nitrogen and oxygen atoms in total. The molecule has 1 aromatic rings. The molecule has 3 aliphatic rings. The smallest absolute Gasteiger partial charge is 0.475 e. The minimum atomic E-state index is -5.08. The second kappa shape index (κ2) is 8.75. The normalized spacial score (nSPS) is 25.9. The van der Waals surface area contributed by atoms with E-state index in [4.69, 9.17) is 14.6 Å². The van der Waals surface area contributed by atoms with E-state index in [1.807, 2.05) is 10.3 Å². The largest absolute Gasteiger partial charge is 0.490 e. The number of ether oxygens (including phenoxy) is 1. The molecule has 1 N–H and O–H groups in total. The topological polar surface area (TPSA) is 83.0 Å². The molecule has 3 saturated heterocycles. The number of aromatic nitrogens is 1. The third kappa shape index (κ3) is 5.00. The number of likely N-dealkylation sites (tertiary alicyclic amines) is 2. The number of nitrogens with zero attached hydrogens (tertiary/aromatic N) is 3. The Morgan fingerprint density at radius 2 is 1.71 bits per heavy atom. The van der Waals surface area contributed by atoms with Gasteiger partial charge in [0.2, 0.25) is 0 Å². The van der Waals surface area contributed by atoms with Gasteiger partial charge in [-0.15, -0.1) is 11.3 Å². The Hall–Kier alpha value is -1.72. The molecule has 0 spiro atoms. The maximum Gasteiger partial charge on any atom is 0.490 e. The van der Waals surface area contributed by atoms with Crippen molar-refractivity contribution < 1.29 is 32.6 Å². The molecule has 1 amide bonds. The lowest BCUT2D eigenvalue weighted by Gasteiger charge is -2.32. The van der Waals surface area contributed by atoms with Crippen LogP contribution in [-0.4, -0.2) is 83.4 Å². The fourth-order valence-electron chi connectivity index (χ4n) is 4.02. The van der Waals surface area contributed by atoms with Crippen molar-refractivity contribution in [2.45, 2.75) is 25.1 Å². The number of alkyl halides is 3. The summed E-state index contributed by atoms with van der Waals surface area (Å²) in [4.78, 5) is 30.1. The first-order valence-corrected chi connectivity index (χ1v) is 9.99. The van der Waals surface area contributed by atoms with Gasteiger partial charge >= 0.3 is 12.1 Å². The highest BCUT2D eigenvalue weighted by Gasteiger charge is 2.43. The molecule has 0 unspecified atom stereocenters. The van der Waals surface area contributed by atoms with Crippen LogP contribution in [0.1, 0.15) is 23.3 Å². The summed E-state index contributed by atoms with van der Waals surface area (Å²) in [5, 5.41) is 8.98. The second-order valence-electron chi connectivity index (χ2n) is 7.20. The van der Waals surface area contributed by atoms with Gasteiger partial charge < -0.3 is 14.7 Å². The Kier molecular flexibility index (Phi) is 6.56. The van der Waals surface area contributed by atoms with Crippen molar-refractivity contribution in [1.82, 2.24) is 14.8 Å². The summed E-state index contributed by atoms with van der Waals surface area (Å²) in [6, 6.07) is 0.701. The van der Waals surface area contributed by atoms with Crippen LogP contribution in [0.4, 0.5) is 13.2 Å². The lowest BCUT2D eigenvalue weighted by atomic mass is 10.0. The fourth-order valence-corrected chi connectivity index (χ4v) is 4.55. The van der Waals surface area contributed by atoms with Gasteiger partial charge in [-0.1, -0.05) is 0 Å². The van der Waals surface area contributed by atoms with Crippen molar-refractivity contribution in [2.75, 3.05) is 39.4 Å². The van der Waals surface area contributed by atoms with Crippen molar-refractivity contribution in [2.24, 2.45) is 11.8 Å². The Balaban J connectivity index is 0.000000279. The summed E-state index contributed by atoms with van der Waals surface area (Å²) in [5.41, 5.74) is 2.35. The van der Waals surface area contributed by atoms with Gasteiger partial charge in [0.25, 0.3) is 5.91 Å². The van der Waals surface area contributed by atoms with Crippen LogP contribution in [-0.2, 0) is 9.53 Å². The van der Waals surface area contributed by atoms with Crippen molar-refractivity contribution in [3.8, 4) is 0 Å². The summed E-state index contributed by atoms with van der Waals surface area (Å²) in [7, 11) is 0. The number of carbonyl (C=O) groups is 2. The molecule has 1 aromatic heterocycles. The van der Waals surface area contributed by atoms with Gasteiger partial charge in [-0.3, -0.25) is 9.69 Å². The van der Waals surface area contributed by atoms with E-state index in [9.17, 15) is 18.0 Å². The first kappa shape index (κ1) is 21.0. The van der Waals surface area contributed by atoms with Crippen LogP contribution in [0.5, 0.6) is 0 Å². The van der Waals surface area contributed by atoms with Crippen LogP contribution in [0.2, 0.25) is 0 Å². The molecule has 0 aliphatic carbocycles. The minimum Gasteiger partial charge on any atom is -0.475 e. The molecular weight excluding hydrogens is 399 g/mol. The average molecular weight is 421 g/mol. The predicted octanol–water partition coefficient (Wildman–Crippen LogP) is 1.96. The lowest BCUT2D eigenvalue weighted by Crippen LogP contribution is -2.40. The predicted molar refractivity (Wildman–Crippen MR) is 94.1 cm³/mol. The van der Waals surface area contributed by atoms with Gasteiger partial charge in [-0.25, -0.2) is 9.78 Å². The monoisotopic (exact) mass is 421 g/mol. The number of thiazole rings is 1. The summed E-state index contributed by atoms with van der Waals surface area (Å²) in [5.74, 6) is -1.35. The van der Waals surface area contributed by atoms with E-state index in [1.165, 1.54) is 24.2 Å². The summed E-state index contributed by atoms with van der Waals surface area (Å²) in [6.45, 7) is 5.92. The molecule has 4 rings (SSSR count). The fraction of sp³-hybridized carbons (Fsp3) is 0.706. The summed E-state index contributed by atoms with van der Waals surface area (Å²) in [6.07, 6.45) is -2.75. The molecule has 3 fully saturated rings. The van der Waals surface area contributed by atoms with E-state index in [1.54, 1.807) is 5.51 Å². The van der Waals surface area contributed by atoms with Crippen LogP contribution in [0.15, 0.2) is 10.9 Å². The Labute approximate surface area is 164 Å². The van der Waals surface area contributed by atoms with E-state index in [-0.39, 0.29) is 5.91 Å². The third-order valence-corrected chi connectivity index (χ3v) is 5.99. The molecule has 0 aromatic carbocycles. The third-order valence-electron chi connectivity index (χ3n) is 5.40. The molecule has 156 valence electrons. The van der Waals surface area contributed by atoms with E-state index in [2.05, 4.69) is 9.88 Å². The van der Waals surface area contributed by atoms with Gasteiger partial charge in [0, 0.05) is 50.8 Å². The second-order valence-corrected chi connectivity index (χ2v) is 7.92. The zero-order valence-corrected chi connectivity index (χ0v) is 15.9. The maximum absolute atomic E-state index is 12.4. The number of aliphatic carboxylic acids is 1. The summed E-state index contributed by atoms with van der Waals surface area (Å²) >= 11 is 1.49. The number of fused-ring (bicyclic) bond motifs is 1. The van der Waals surface area contributed by atoms with E-state index in [0.29, 0.717) is 23.6 Å². The van der Waals surface area contributed by atoms with Crippen LogP contribution in [0, 0.1) is 11.8 Å². The first-order chi connectivity index (χ1) is 13.3. The highest BCUT2D eigenvalue weighted by Crippen LogP contribution is 2.34. The molecule has 28 heavy (non-hydrogen) atoms. The van der Waals surface area contributed by atoms with E-state index < -0.39 is 12.1 Å². The molecule has 0 radical (unpaired) electrons. The van der Waals surface area contributed by atoms with Gasteiger partial charge in [0.1, 0.15) is 5.69 Å². The van der Waals surface area contributed by atoms with Gasteiger partial charge in [-0.2, -0.15) is 13.2 Å². The Morgan fingerprint density at radius 3 is 2.18 bits per heavy atom. The maximum atomic E-state index is 12.4. The molecule has 4 heterocycles. The van der Waals surface area contributed by atoms with Crippen molar-refractivity contribution in [3.63, 3.8) is 0 Å². The number of hydrogen-bond donors (Lipinski definition) is 1. The van der Waals surface area contributed by atoms with Crippen molar-refractivity contribution >= 4 is 23.2 Å². The standard InChI is InChI=1S/C15H21N3O2S.C2HF3O2/c19-15(14-9-21-10-16-14)18-7-11-5-17(6-12(11)8-18)13-1-3-20-4-2-13;3-2(4,5)1(6)7/h9-13H,1-8H2;(H,6,7)/t11-,12+;. The molecule has 11 heteroatoms. The number of carboxylic acids is 1. The number of carbonyl (C=O) groups excluding carboxylic acids is 1. The first-order valence-electron chi connectivity index (χ1n) is 9.05. The number of halogens is 3. The van der Waals surface area contributed by atoms with Gasteiger partial charge in [0.15, 0.2) is 0 Å². The molecule has 0 saturated carbocycles. The average Bonchev–Trinajstić information content (AvgIpc) is 3.37. The minimum absolute atomic E-state index is 0.114. The molecule has 0 bridgehead atoms. The highest BCUT2D eigenvalue weighted by atomic mass is 32.1. The SMILES string of the molecule is O=C(O)C(F)(F)F.O=C(c1cscn1)N1C[C@@H]2CN(C3CCOCC3)C[C@@H]2C1. The van der Waals surface area contributed by atoms with Gasteiger partial charge in [0.05, 0.1) is 5.51 Å². The molecular formula is C17H22F3N3O4S. The van der Waals surface area contributed by atoms with Crippen LogP contribution in [0.25, 0.3) is 0 Å². The van der Waals surface area contributed by atoms with E-state index in [0.717, 1.165) is 39.4 Å². The van der Waals surface area contributed by atoms with E-state index >= 15 is 0 Å². The quantitative estimate of drug-likeness (QED) is 0.786. The van der Waals surface area contributed by atoms with Gasteiger partial charge in [-0.05, 0) is 24.7 Å². The van der Waals surface area contributed by atoms with Crippen molar-refractivity contribution in [3.05, 3.63) is 16.6 Å². The number of amides is 1. The lowest BCUT2D eigenvalue weighted by molar-refractivity contribution is -0.192. The van der Waals surface area contributed by atoms with Crippen LogP contribution in [0.3, 0.4) is 0 Å². The van der Waals surface area contributed by atoms with Crippen molar-refractivity contribution in [1.29, 1.82) is 0 Å². The summed E-state index contributed by atoms with van der Waals surface area (Å²) < 4.78 is 37.2. The zero-order chi connectivity index (χ0) is 20.3.